The summed E-state index contributed by atoms with van der Waals surface area (Å²) in [6.45, 7) is 1.87. The summed E-state index contributed by atoms with van der Waals surface area (Å²) in [6, 6.07) is 14.2. The van der Waals surface area contributed by atoms with E-state index in [1.54, 1.807) is 12.1 Å². The number of rotatable bonds is 5. The van der Waals surface area contributed by atoms with Crippen LogP contribution in [-0.4, -0.2) is 14.2 Å². The lowest BCUT2D eigenvalue weighted by Gasteiger charge is -2.14. The zero-order valence-corrected chi connectivity index (χ0v) is 13.2. The Bertz CT molecular complexity index is 718. The first-order valence-corrected chi connectivity index (χ1v) is 8.51. The fourth-order valence-corrected chi connectivity index (χ4v) is 3.70. The summed E-state index contributed by atoms with van der Waals surface area (Å²) in [5.74, 6) is -0.147. The number of hydrogen-bond acceptors (Lipinski definition) is 3. The highest BCUT2D eigenvalue weighted by Gasteiger charge is 2.18. The van der Waals surface area contributed by atoms with E-state index in [1.807, 2.05) is 37.3 Å². The highest BCUT2D eigenvalue weighted by molar-refractivity contribution is 7.92. The quantitative estimate of drug-likeness (QED) is 0.827. The molecular weight excluding hydrogens is 308 g/mol. The number of nitrogen functional groups attached to an aromatic ring is 1. The van der Waals surface area contributed by atoms with Crippen LogP contribution in [0, 0.1) is 0 Å². The molecule has 0 spiro atoms. The van der Waals surface area contributed by atoms with Crippen molar-refractivity contribution in [3.63, 3.8) is 0 Å². The van der Waals surface area contributed by atoms with Gasteiger partial charge in [-0.25, -0.2) is 8.42 Å². The Hall–Kier alpha value is -1.72. The Balaban J connectivity index is 2.14. The molecule has 0 saturated heterocycles. The fraction of sp³-hybridized carbons (Fsp3) is 0.200. The van der Waals surface area contributed by atoms with Gasteiger partial charge in [-0.2, -0.15) is 0 Å². The zero-order valence-electron chi connectivity index (χ0n) is 11.6. The van der Waals surface area contributed by atoms with Crippen LogP contribution in [0.2, 0.25) is 5.02 Å². The summed E-state index contributed by atoms with van der Waals surface area (Å²) in [7, 11) is -3.51. The Morgan fingerprint density at radius 1 is 1.19 bits per heavy atom. The molecule has 0 heterocycles. The molecule has 1 unspecified atom stereocenters. The lowest BCUT2D eigenvalue weighted by Crippen LogP contribution is -2.20. The van der Waals surface area contributed by atoms with Gasteiger partial charge in [-0.3, -0.25) is 4.72 Å². The summed E-state index contributed by atoms with van der Waals surface area (Å²) >= 11 is 5.97. The number of halogens is 1. The minimum atomic E-state index is -3.51. The SMILES string of the molecule is CC(CS(=O)(=O)Nc1cc(N)ccc1Cl)c1ccccc1. The topological polar surface area (TPSA) is 72.2 Å². The number of hydrogen-bond donors (Lipinski definition) is 2. The molecule has 3 N–H and O–H groups in total. The molecule has 0 aromatic heterocycles. The van der Waals surface area contributed by atoms with Crippen LogP contribution in [0.1, 0.15) is 18.4 Å². The third-order valence-corrected chi connectivity index (χ3v) is 4.89. The lowest BCUT2D eigenvalue weighted by molar-refractivity contribution is 0.595. The second-order valence-corrected chi connectivity index (χ2v) is 7.11. The minimum Gasteiger partial charge on any atom is -0.399 e. The highest BCUT2D eigenvalue weighted by Crippen LogP contribution is 2.26. The van der Waals surface area contributed by atoms with Gasteiger partial charge in [0.1, 0.15) is 0 Å². The van der Waals surface area contributed by atoms with Crippen molar-refractivity contribution in [1.82, 2.24) is 0 Å². The fourth-order valence-electron chi connectivity index (χ4n) is 2.04. The molecule has 4 nitrogen and oxygen atoms in total. The van der Waals surface area contributed by atoms with Gasteiger partial charge in [0, 0.05) is 5.69 Å². The molecule has 0 fully saturated rings. The van der Waals surface area contributed by atoms with E-state index in [0.29, 0.717) is 16.4 Å². The highest BCUT2D eigenvalue weighted by atomic mass is 35.5. The molecule has 0 radical (unpaired) electrons. The number of sulfonamides is 1. The Labute approximate surface area is 130 Å². The minimum absolute atomic E-state index is 0.0257. The Kier molecular flexibility index (Phi) is 4.75. The van der Waals surface area contributed by atoms with Crippen LogP contribution < -0.4 is 10.5 Å². The van der Waals surface area contributed by atoms with Crippen molar-refractivity contribution >= 4 is 33.0 Å². The van der Waals surface area contributed by atoms with Crippen molar-refractivity contribution in [2.45, 2.75) is 12.8 Å². The van der Waals surface area contributed by atoms with E-state index in [9.17, 15) is 8.42 Å². The molecule has 0 aliphatic heterocycles. The van der Waals surface area contributed by atoms with Gasteiger partial charge in [0.15, 0.2) is 0 Å². The average Bonchev–Trinajstić information content (AvgIpc) is 2.43. The molecule has 2 aromatic carbocycles. The van der Waals surface area contributed by atoms with Crippen molar-refractivity contribution in [2.24, 2.45) is 0 Å². The summed E-state index contributed by atoms with van der Waals surface area (Å²) in [5.41, 5.74) is 7.37. The van der Waals surface area contributed by atoms with E-state index in [-0.39, 0.29) is 11.7 Å². The van der Waals surface area contributed by atoms with Crippen LogP contribution in [0.3, 0.4) is 0 Å². The number of benzene rings is 2. The van der Waals surface area contributed by atoms with Gasteiger partial charge >= 0.3 is 0 Å². The van der Waals surface area contributed by atoms with Crippen molar-refractivity contribution in [1.29, 1.82) is 0 Å². The molecule has 0 bridgehead atoms. The second-order valence-electron chi connectivity index (χ2n) is 4.93. The van der Waals surface area contributed by atoms with E-state index in [1.165, 1.54) is 6.07 Å². The maximum absolute atomic E-state index is 12.2. The van der Waals surface area contributed by atoms with Gasteiger partial charge in [-0.05, 0) is 29.7 Å². The molecule has 0 aliphatic carbocycles. The summed E-state index contributed by atoms with van der Waals surface area (Å²) in [6.07, 6.45) is 0. The lowest BCUT2D eigenvalue weighted by atomic mass is 10.0. The predicted octanol–water partition coefficient (Wildman–Crippen LogP) is 3.47. The summed E-state index contributed by atoms with van der Waals surface area (Å²) in [5, 5.41) is 0.320. The zero-order chi connectivity index (χ0) is 15.5. The molecule has 2 aromatic rings. The number of nitrogens with one attached hydrogen (secondary N) is 1. The molecule has 0 amide bonds. The molecule has 21 heavy (non-hydrogen) atoms. The third-order valence-electron chi connectivity index (χ3n) is 3.09. The average molecular weight is 325 g/mol. The van der Waals surface area contributed by atoms with E-state index in [2.05, 4.69) is 4.72 Å². The monoisotopic (exact) mass is 324 g/mol. The largest absolute Gasteiger partial charge is 0.399 e. The predicted molar refractivity (Wildman–Crippen MR) is 88.1 cm³/mol. The molecular formula is C15H17ClN2O2S. The van der Waals surface area contributed by atoms with Crippen LogP contribution in [0.4, 0.5) is 11.4 Å². The Morgan fingerprint density at radius 2 is 1.86 bits per heavy atom. The van der Waals surface area contributed by atoms with E-state index in [0.717, 1.165) is 5.56 Å². The molecule has 0 aliphatic rings. The first kappa shape index (κ1) is 15.7. The third kappa shape index (κ3) is 4.37. The van der Waals surface area contributed by atoms with Crippen molar-refractivity contribution < 1.29 is 8.42 Å². The molecule has 112 valence electrons. The van der Waals surface area contributed by atoms with Gasteiger partial charge in [-0.1, -0.05) is 48.9 Å². The standard InChI is InChI=1S/C15H17ClN2O2S/c1-11(12-5-3-2-4-6-12)10-21(19,20)18-15-9-13(17)7-8-14(15)16/h2-9,11,18H,10,17H2,1H3. The molecule has 0 saturated carbocycles. The second kappa shape index (κ2) is 6.37. The van der Waals surface area contributed by atoms with Crippen LogP contribution in [0.5, 0.6) is 0 Å². The van der Waals surface area contributed by atoms with Crippen molar-refractivity contribution in [3.8, 4) is 0 Å². The van der Waals surface area contributed by atoms with Crippen LogP contribution >= 0.6 is 11.6 Å². The van der Waals surface area contributed by atoms with Gasteiger partial charge < -0.3 is 5.73 Å². The summed E-state index contributed by atoms with van der Waals surface area (Å²) in [4.78, 5) is 0. The van der Waals surface area contributed by atoms with Gasteiger partial charge in [0.2, 0.25) is 10.0 Å². The Morgan fingerprint density at radius 3 is 2.52 bits per heavy atom. The number of nitrogens with two attached hydrogens (primary N) is 1. The van der Waals surface area contributed by atoms with Crippen LogP contribution in [0.15, 0.2) is 48.5 Å². The molecule has 2 rings (SSSR count). The summed E-state index contributed by atoms with van der Waals surface area (Å²) < 4.78 is 27.0. The van der Waals surface area contributed by atoms with E-state index in [4.69, 9.17) is 17.3 Å². The van der Waals surface area contributed by atoms with E-state index >= 15 is 0 Å². The first-order chi connectivity index (χ1) is 9.87. The normalized spacial score (nSPS) is 12.9. The first-order valence-electron chi connectivity index (χ1n) is 6.48. The van der Waals surface area contributed by atoms with Gasteiger partial charge in [-0.15, -0.1) is 0 Å². The maximum Gasteiger partial charge on any atom is 0.233 e. The van der Waals surface area contributed by atoms with Crippen LogP contribution in [-0.2, 0) is 10.0 Å². The number of anilines is 2. The maximum atomic E-state index is 12.2. The van der Waals surface area contributed by atoms with Gasteiger partial charge in [0.05, 0.1) is 16.5 Å². The smallest absolute Gasteiger partial charge is 0.233 e. The molecule has 1 atom stereocenters. The van der Waals surface area contributed by atoms with Crippen LogP contribution in [0.25, 0.3) is 0 Å². The van der Waals surface area contributed by atoms with Crippen molar-refractivity contribution in [2.75, 3.05) is 16.2 Å². The van der Waals surface area contributed by atoms with E-state index < -0.39 is 10.0 Å². The molecule has 6 heteroatoms. The van der Waals surface area contributed by atoms with Gasteiger partial charge in [0.25, 0.3) is 0 Å². The van der Waals surface area contributed by atoms with Crippen molar-refractivity contribution in [3.05, 3.63) is 59.1 Å².